The molecular formula is C27H26ClF2N7O4S. The standard InChI is InChI=1S/C27H26ClF2N7O4S/c1-27(2,3)41-26(38)37-9-8-17(13-37)34-25-23-20(32-14-33-25)6-5-19(35-23)15-10-21(24(28)31-12-15)36-42(39,40)22-7-4-16(29)11-18(22)30/h4-7,10-12,14,17,36H,8-9,13H2,1-3H3,(H,32,33,34). The zero-order valence-corrected chi connectivity index (χ0v) is 24.3. The number of halogens is 3. The summed E-state index contributed by atoms with van der Waals surface area (Å²) in [6.07, 6.45) is 3.09. The molecule has 2 N–H and O–H groups in total. The second kappa shape index (κ2) is 11.2. The minimum Gasteiger partial charge on any atom is -0.444 e. The lowest BCUT2D eigenvalue weighted by Crippen LogP contribution is -2.36. The number of hydrogen-bond acceptors (Lipinski definition) is 9. The molecule has 0 bridgehead atoms. The van der Waals surface area contributed by atoms with Gasteiger partial charge in [-0.3, -0.25) is 4.72 Å². The number of benzene rings is 1. The Morgan fingerprint density at radius 1 is 1.12 bits per heavy atom. The summed E-state index contributed by atoms with van der Waals surface area (Å²) in [4.78, 5) is 30.7. The van der Waals surface area contributed by atoms with Crippen molar-refractivity contribution < 1.29 is 26.7 Å². The third-order valence-electron chi connectivity index (χ3n) is 6.23. The van der Waals surface area contributed by atoms with Gasteiger partial charge < -0.3 is 15.0 Å². The number of nitrogens with zero attached hydrogens (tertiary/aromatic N) is 5. The van der Waals surface area contributed by atoms with E-state index in [0.29, 0.717) is 53.7 Å². The van der Waals surface area contributed by atoms with E-state index in [2.05, 4.69) is 30.0 Å². The molecule has 5 rings (SSSR count). The molecule has 1 fully saturated rings. The number of nitrogens with one attached hydrogen (secondary N) is 2. The van der Waals surface area contributed by atoms with Gasteiger partial charge in [0, 0.05) is 37.0 Å². The van der Waals surface area contributed by atoms with Gasteiger partial charge in [-0.1, -0.05) is 11.6 Å². The highest BCUT2D eigenvalue weighted by molar-refractivity contribution is 7.92. The highest BCUT2D eigenvalue weighted by atomic mass is 35.5. The van der Waals surface area contributed by atoms with E-state index in [4.69, 9.17) is 16.3 Å². The summed E-state index contributed by atoms with van der Waals surface area (Å²) in [5, 5.41) is 3.15. The zero-order chi connectivity index (χ0) is 30.2. The summed E-state index contributed by atoms with van der Waals surface area (Å²) in [7, 11) is -4.46. The molecule has 0 spiro atoms. The summed E-state index contributed by atoms with van der Waals surface area (Å²) in [5.41, 5.74) is 1.06. The number of rotatable bonds is 6. The van der Waals surface area contributed by atoms with Crippen molar-refractivity contribution in [2.45, 2.75) is 43.7 Å². The molecule has 220 valence electrons. The van der Waals surface area contributed by atoms with Gasteiger partial charge in [0.25, 0.3) is 10.0 Å². The Labute approximate surface area is 245 Å². The van der Waals surface area contributed by atoms with E-state index in [9.17, 15) is 22.0 Å². The minimum absolute atomic E-state index is 0.105. The Balaban J connectivity index is 1.40. The zero-order valence-electron chi connectivity index (χ0n) is 22.7. The number of fused-ring (bicyclic) bond motifs is 1. The van der Waals surface area contributed by atoms with Crippen LogP contribution in [-0.2, 0) is 14.8 Å². The average molecular weight is 618 g/mol. The predicted octanol–water partition coefficient (Wildman–Crippen LogP) is 5.24. The second-order valence-corrected chi connectivity index (χ2v) is 12.6. The maximum atomic E-state index is 14.2. The van der Waals surface area contributed by atoms with Crippen molar-refractivity contribution in [2.75, 3.05) is 23.1 Å². The Morgan fingerprint density at radius 2 is 1.90 bits per heavy atom. The van der Waals surface area contributed by atoms with Gasteiger partial charge in [-0.05, 0) is 57.5 Å². The van der Waals surface area contributed by atoms with Gasteiger partial charge in [0.2, 0.25) is 0 Å². The number of carbonyl (C=O) groups excluding carboxylic acids is 1. The summed E-state index contributed by atoms with van der Waals surface area (Å²) in [6, 6.07) is 6.80. The van der Waals surface area contributed by atoms with Crippen LogP contribution in [0.3, 0.4) is 0 Å². The van der Waals surface area contributed by atoms with Gasteiger partial charge in [-0.2, -0.15) is 0 Å². The minimum atomic E-state index is -4.46. The number of aromatic nitrogens is 4. The number of ether oxygens (including phenoxy) is 1. The molecule has 1 aliphatic rings. The molecule has 0 radical (unpaired) electrons. The lowest BCUT2D eigenvalue weighted by Gasteiger charge is -2.24. The summed E-state index contributed by atoms with van der Waals surface area (Å²) >= 11 is 6.15. The topological polar surface area (TPSA) is 139 Å². The van der Waals surface area contributed by atoms with Crippen LogP contribution in [0.5, 0.6) is 0 Å². The SMILES string of the molecule is CC(C)(C)OC(=O)N1CCC(Nc2ncnc3ccc(-c4cnc(Cl)c(NS(=O)(=O)c5ccc(F)cc5F)c4)nc23)C1. The highest BCUT2D eigenvalue weighted by Gasteiger charge is 2.30. The Kier molecular flexibility index (Phi) is 7.86. The highest BCUT2D eigenvalue weighted by Crippen LogP contribution is 2.30. The maximum Gasteiger partial charge on any atom is 0.410 e. The molecule has 1 aromatic carbocycles. The van der Waals surface area contributed by atoms with Crippen molar-refractivity contribution in [3.63, 3.8) is 0 Å². The quantitative estimate of drug-likeness (QED) is 0.278. The molecule has 1 saturated heterocycles. The fourth-order valence-corrected chi connectivity index (χ4v) is 5.65. The lowest BCUT2D eigenvalue weighted by molar-refractivity contribution is 0.0293. The van der Waals surface area contributed by atoms with Crippen molar-refractivity contribution in [1.29, 1.82) is 0 Å². The molecular weight excluding hydrogens is 592 g/mol. The van der Waals surface area contributed by atoms with Crippen LogP contribution in [-0.4, -0.2) is 64.1 Å². The molecule has 1 atom stereocenters. The molecule has 1 amide bonds. The normalized spacial score (nSPS) is 15.6. The van der Waals surface area contributed by atoms with E-state index >= 15 is 0 Å². The van der Waals surface area contributed by atoms with Crippen LogP contribution >= 0.6 is 11.6 Å². The van der Waals surface area contributed by atoms with Crippen LogP contribution in [0, 0.1) is 11.6 Å². The molecule has 3 aromatic heterocycles. The molecule has 15 heteroatoms. The van der Waals surface area contributed by atoms with Crippen molar-refractivity contribution in [1.82, 2.24) is 24.8 Å². The smallest absolute Gasteiger partial charge is 0.410 e. The number of amides is 1. The van der Waals surface area contributed by atoms with Crippen LogP contribution in [0.4, 0.5) is 25.1 Å². The van der Waals surface area contributed by atoms with Gasteiger partial charge in [-0.25, -0.2) is 41.9 Å². The van der Waals surface area contributed by atoms with E-state index in [1.165, 1.54) is 18.6 Å². The van der Waals surface area contributed by atoms with Gasteiger partial charge in [-0.15, -0.1) is 0 Å². The summed E-state index contributed by atoms with van der Waals surface area (Å²) in [5.74, 6) is -1.72. The third-order valence-corrected chi connectivity index (χ3v) is 7.93. The molecule has 0 saturated carbocycles. The van der Waals surface area contributed by atoms with Gasteiger partial charge in [0.05, 0.1) is 16.9 Å². The summed E-state index contributed by atoms with van der Waals surface area (Å²) in [6.45, 7) is 6.37. The number of pyridine rings is 2. The van der Waals surface area contributed by atoms with Crippen LogP contribution in [0.25, 0.3) is 22.3 Å². The van der Waals surface area contributed by atoms with Crippen LogP contribution < -0.4 is 10.0 Å². The molecule has 42 heavy (non-hydrogen) atoms. The molecule has 11 nitrogen and oxygen atoms in total. The van der Waals surface area contributed by atoms with E-state index in [-0.39, 0.29) is 23.0 Å². The number of hydrogen-bond donors (Lipinski definition) is 2. The van der Waals surface area contributed by atoms with E-state index in [1.54, 1.807) is 17.0 Å². The van der Waals surface area contributed by atoms with E-state index in [1.807, 2.05) is 20.8 Å². The molecule has 0 aliphatic carbocycles. The fourth-order valence-electron chi connectivity index (χ4n) is 4.32. The maximum absolute atomic E-state index is 14.2. The first-order valence-electron chi connectivity index (χ1n) is 12.8. The van der Waals surface area contributed by atoms with Gasteiger partial charge >= 0.3 is 6.09 Å². The lowest BCUT2D eigenvalue weighted by atomic mass is 10.1. The Bertz CT molecular complexity index is 1790. The predicted molar refractivity (Wildman–Crippen MR) is 153 cm³/mol. The van der Waals surface area contributed by atoms with Crippen molar-refractivity contribution in [3.8, 4) is 11.3 Å². The van der Waals surface area contributed by atoms with Gasteiger partial charge in [0.15, 0.2) is 11.0 Å². The van der Waals surface area contributed by atoms with E-state index < -0.39 is 32.2 Å². The van der Waals surface area contributed by atoms with Crippen LogP contribution in [0.2, 0.25) is 5.15 Å². The first kappa shape index (κ1) is 29.3. The molecule has 1 aliphatic heterocycles. The van der Waals surface area contributed by atoms with Crippen molar-refractivity contribution in [2.24, 2.45) is 0 Å². The third kappa shape index (κ3) is 6.49. The van der Waals surface area contributed by atoms with Crippen LogP contribution in [0.1, 0.15) is 27.2 Å². The van der Waals surface area contributed by atoms with Crippen LogP contribution in [0.15, 0.2) is 53.8 Å². The average Bonchev–Trinajstić information content (AvgIpc) is 3.37. The number of likely N-dealkylation sites (tertiary alicyclic amines) is 1. The van der Waals surface area contributed by atoms with E-state index in [0.717, 1.165) is 12.1 Å². The van der Waals surface area contributed by atoms with Crippen molar-refractivity contribution in [3.05, 3.63) is 65.7 Å². The number of sulfonamides is 1. The molecule has 4 heterocycles. The second-order valence-electron chi connectivity index (χ2n) is 10.6. The number of anilines is 2. The Hall–Kier alpha value is -4.17. The van der Waals surface area contributed by atoms with Gasteiger partial charge in [0.1, 0.15) is 34.0 Å². The number of carbonyl (C=O) groups is 1. The summed E-state index contributed by atoms with van der Waals surface area (Å²) < 4.78 is 60.8. The molecule has 4 aromatic rings. The van der Waals surface area contributed by atoms with Crippen molar-refractivity contribution >= 4 is 50.3 Å². The molecule has 1 unspecified atom stereocenters. The first-order valence-corrected chi connectivity index (χ1v) is 14.7. The first-order chi connectivity index (χ1) is 19.8. The largest absolute Gasteiger partial charge is 0.444 e. The Morgan fingerprint density at radius 3 is 2.64 bits per heavy atom. The monoisotopic (exact) mass is 617 g/mol. The fraction of sp³-hybridized carbons (Fsp3) is 0.296.